The van der Waals surface area contributed by atoms with E-state index >= 15 is 0 Å². The fraction of sp³-hybridized carbons (Fsp3) is 0.385. The predicted octanol–water partition coefficient (Wildman–Crippen LogP) is 2.81. The lowest BCUT2D eigenvalue weighted by atomic mass is 9.94. The number of methoxy groups -OCH3 is 1. The van der Waals surface area contributed by atoms with Gasteiger partial charge in [-0.1, -0.05) is 5.92 Å². The summed E-state index contributed by atoms with van der Waals surface area (Å²) in [6.07, 6.45) is 7.32. The van der Waals surface area contributed by atoms with Gasteiger partial charge < -0.3 is 4.74 Å². The van der Waals surface area contributed by atoms with Gasteiger partial charge in [-0.05, 0) is 37.5 Å². The van der Waals surface area contributed by atoms with Gasteiger partial charge in [0.1, 0.15) is 11.6 Å². The molecule has 0 aromatic heterocycles. The van der Waals surface area contributed by atoms with Crippen molar-refractivity contribution in [3.63, 3.8) is 0 Å². The van der Waals surface area contributed by atoms with E-state index in [0.717, 1.165) is 18.4 Å². The quantitative estimate of drug-likeness (QED) is 0.673. The normalized spacial score (nSPS) is 16.9. The number of rotatable bonds is 2. The lowest BCUT2D eigenvalue weighted by molar-refractivity contribution is 0.405. The van der Waals surface area contributed by atoms with Gasteiger partial charge in [0.2, 0.25) is 0 Å². The molecule has 2 rings (SSSR count). The maximum absolute atomic E-state index is 13.5. The van der Waals surface area contributed by atoms with Gasteiger partial charge in [0, 0.05) is 5.56 Å². The first-order valence-electron chi connectivity index (χ1n) is 4.95. The summed E-state index contributed by atoms with van der Waals surface area (Å²) < 4.78 is 18.7. The predicted molar refractivity (Wildman–Crippen MR) is 57.4 cm³/mol. The topological polar surface area (TPSA) is 9.23 Å². The van der Waals surface area contributed by atoms with E-state index in [0.29, 0.717) is 11.3 Å². The van der Waals surface area contributed by atoms with Crippen molar-refractivity contribution in [1.29, 1.82) is 0 Å². The van der Waals surface area contributed by atoms with Crippen LogP contribution >= 0.6 is 0 Å². The first-order valence-corrected chi connectivity index (χ1v) is 4.95. The number of halogens is 1. The minimum atomic E-state index is -0.278. The summed E-state index contributed by atoms with van der Waals surface area (Å²) in [5.41, 5.74) is 1.12. The van der Waals surface area contributed by atoms with Crippen molar-refractivity contribution >= 4 is 0 Å². The van der Waals surface area contributed by atoms with Crippen molar-refractivity contribution < 1.29 is 9.13 Å². The highest BCUT2D eigenvalue weighted by atomic mass is 19.1. The van der Waals surface area contributed by atoms with Crippen LogP contribution in [0.3, 0.4) is 0 Å². The Hall–Kier alpha value is -1.49. The Bertz CT molecular complexity index is 439. The summed E-state index contributed by atoms with van der Waals surface area (Å²) in [6, 6.07) is 3.23. The molecule has 0 N–H and O–H groups in total. The summed E-state index contributed by atoms with van der Waals surface area (Å²) in [5.74, 6) is 3.23. The van der Waals surface area contributed by atoms with Gasteiger partial charge in [-0.15, -0.1) is 6.42 Å². The summed E-state index contributed by atoms with van der Waals surface area (Å²) in [7, 11) is 1.59. The molecular weight excluding hydrogens is 191 g/mol. The number of terminal acetylenes is 1. The second-order valence-electron chi connectivity index (χ2n) is 4.03. The second-order valence-corrected chi connectivity index (χ2v) is 4.03. The Morgan fingerprint density at radius 2 is 2.13 bits per heavy atom. The highest BCUT2D eigenvalue weighted by Gasteiger charge is 2.45. The molecule has 15 heavy (non-hydrogen) atoms. The molecule has 2 heteroatoms. The zero-order chi connectivity index (χ0) is 11.1. The Morgan fingerprint density at radius 1 is 1.47 bits per heavy atom. The van der Waals surface area contributed by atoms with Crippen LogP contribution in [0.5, 0.6) is 5.75 Å². The van der Waals surface area contributed by atoms with E-state index in [2.05, 4.69) is 5.92 Å². The smallest absolute Gasteiger partial charge is 0.126 e. The van der Waals surface area contributed by atoms with Gasteiger partial charge in [-0.2, -0.15) is 0 Å². The zero-order valence-corrected chi connectivity index (χ0v) is 8.93. The molecule has 0 radical (unpaired) electrons. The van der Waals surface area contributed by atoms with Crippen LogP contribution in [0.25, 0.3) is 0 Å². The molecule has 1 saturated carbocycles. The molecule has 1 aliphatic rings. The van der Waals surface area contributed by atoms with Crippen LogP contribution < -0.4 is 4.74 Å². The van der Waals surface area contributed by atoms with Crippen LogP contribution in [-0.2, 0) is 5.41 Å². The Balaban J connectivity index is 2.56. The number of hydrogen-bond donors (Lipinski definition) is 0. The van der Waals surface area contributed by atoms with E-state index < -0.39 is 0 Å². The molecule has 0 heterocycles. The van der Waals surface area contributed by atoms with Gasteiger partial charge in [0.05, 0.1) is 12.5 Å². The van der Waals surface area contributed by atoms with Gasteiger partial charge in [-0.3, -0.25) is 0 Å². The second kappa shape index (κ2) is 3.27. The largest absolute Gasteiger partial charge is 0.496 e. The number of ether oxygens (including phenoxy) is 1. The lowest BCUT2D eigenvalue weighted by Crippen LogP contribution is -2.06. The van der Waals surface area contributed by atoms with E-state index in [-0.39, 0.29) is 11.2 Å². The molecule has 78 valence electrons. The van der Waals surface area contributed by atoms with Crippen LogP contribution in [0.1, 0.15) is 24.0 Å². The zero-order valence-electron chi connectivity index (χ0n) is 8.93. The van der Waals surface area contributed by atoms with Crippen LogP contribution in [0.2, 0.25) is 0 Å². The molecule has 1 aliphatic carbocycles. The number of hydrogen-bond acceptors (Lipinski definition) is 1. The number of aryl methyl sites for hydroxylation is 1. The molecule has 0 aliphatic heterocycles. The third-order valence-electron chi connectivity index (χ3n) is 3.02. The monoisotopic (exact) mass is 204 g/mol. The van der Waals surface area contributed by atoms with Crippen molar-refractivity contribution in [2.45, 2.75) is 25.2 Å². The average Bonchev–Trinajstić information content (AvgIpc) is 3.02. The maximum atomic E-state index is 13.5. The third kappa shape index (κ3) is 1.48. The summed E-state index contributed by atoms with van der Waals surface area (Å²) >= 11 is 0. The van der Waals surface area contributed by atoms with E-state index in [1.807, 2.05) is 0 Å². The maximum Gasteiger partial charge on any atom is 0.126 e. The van der Waals surface area contributed by atoms with Gasteiger partial charge in [0.15, 0.2) is 0 Å². The molecule has 0 amide bonds. The highest BCUT2D eigenvalue weighted by molar-refractivity contribution is 5.50. The van der Waals surface area contributed by atoms with E-state index in [1.165, 1.54) is 6.07 Å². The molecule has 1 aromatic carbocycles. The summed E-state index contributed by atoms with van der Waals surface area (Å²) in [5, 5.41) is 0. The van der Waals surface area contributed by atoms with Crippen LogP contribution in [-0.4, -0.2) is 7.11 Å². The first kappa shape index (κ1) is 10.0. The molecular formula is C13H13FO. The van der Waals surface area contributed by atoms with Gasteiger partial charge in [0.25, 0.3) is 0 Å². The van der Waals surface area contributed by atoms with Crippen LogP contribution in [0.4, 0.5) is 4.39 Å². The first-order chi connectivity index (χ1) is 7.13. The Morgan fingerprint density at radius 3 is 2.60 bits per heavy atom. The molecule has 0 unspecified atom stereocenters. The Labute approximate surface area is 89.3 Å². The summed E-state index contributed by atoms with van der Waals surface area (Å²) in [6.45, 7) is 1.72. The van der Waals surface area contributed by atoms with Crippen molar-refractivity contribution in [3.05, 3.63) is 29.1 Å². The van der Waals surface area contributed by atoms with Crippen molar-refractivity contribution in [2.75, 3.05) is 7.11 Å². The van der Waals surface area contributed by atoms with Gasteiger partial charge >= 0.3 is 0 Å². The van der Waals surface area contributed by atoms with E-state index in [4.69, 9.17) is 11.2 Å². The Kier molecular flexibility index (Phi) is 2.19. The van der Waals surface area contributed by atoms with E-state index in [1.54, 1.807) is 20.1 Å². The van der Waals surface area contributed by atoms with Crippen molar-refractivity contribution in [2.24, 2.45) is 0 Å². The fourth-order valence-electron chi connectivity index (χ4n) is 1.81. The molecule has 0 bridgehead atoms. The molecule has 0 spiro atoms. The van der Waals surface area contributed by atoms with Crippen LogP contribution in [0.15, 0.2) is 12.1 Å². The number of benzene rings is 1. The molecule has 1 nitrogen and oxygen atoms in total. The van der Waals surface area contributed by atoms with Crippen molar-refractivity contribution in [3.8, 4) is 18.1 Å². The minimum Gasteiger partial charge on any atom is -0.496 e. The van der Waals surface area contributed by atoms with Crippen molar-refractivity contribution in [1.82, 2.24) is 0 Å². The van der Waals surface area contributed by atoms with Crippen LogP contribution in [0, 0.1) is 25.1 Å². The molecule has 0 saturated heterocycles. The minimum absolute atomic E-state index is 0.215. The standard InChI is InChI=1S/C13H13FO/c1-4-13(5-6-13)10-8-11(14)9(2)7-12(10)15-3/h1,7-8H,5-6H2,2-3H3. The average molecular weight is 204 g/mol. The SMILES string of the molecule is C#CC1(c2cc(F)c(C)cc2OC)CC1. The van der Waals surface area contributed by atoms with Gasteiger partial charge in [-0.25, -0.2) is 4.39 Å². The summed E-state index contributed by atoms with van der Waals surface area (Å²) in [4.78, 5) is 0. The molecule has 0 atom stereocenters. The lowest BCUT2D eigenvalue weighted by Gasteiger charge is -2.14. The molecule has 1 aromatic rings. The fourth-order valence-corrected chi connectivity index (χ4v) is 1.81. The molecule has 1 fully saturated rings. The third-order valence-corrected chi connectivity index (χ3v) is 3.02. The van der Waals surface area contributed by atoms with E-state index in [9.17, 15) is 4.39 Å². The highest BCUT2D eigenvalue weighted by Crippen LogP contribution is 2.51.